The summed E-state index contributed by atoms with van der Waals surface area (Å²) in [5.41, 5.74) is 5.68. The summed E-state index contributed by atoms with van der Waals surface area (Å²) in [4.78, 5) is 11.1. The fraction of sp³-hybridized carbons (Fsp3) is 0.133. The van der Waals surface area contributed by atoms with Gasteiger partial charge in [0.2, 0.25) is 5.91 Å². The zero-order chi connectivity index (χ0) is 15.6. The molecular weight excluding hydrogens is 303 g/mol. The first-order valence-electron chi connectivity index (χ1n) is 6.02. The molecule has 2 nitrogen and oxygen atoms in total. The summed E-state index contributed by atoms with van der Waals surface area (Å²) in [5, 5.41) is -0.362. The molecule has 0 saturated carbocycles. The summed E-state index contributed by atoms with van der Waals surface area (Å²) in [6.07, 6.45) is -4.58. The number of hydrogen-bond donors (Lipinski definition) is 1. The molecule has 0 saturated heterocycles. The average molecular weight is 314 g/mol. The van der Waals surface area contributed by atoms with Crippen LogP contribution in [0.1, 0.15) is 11.1 Å². The number of carbonyl (C=O) groups is 1. The van der Waals surface area contributed by atoms with E-state index in [1.807, 2.05) is 0 Å². The summed E-state index contributed by atoms with van der Waals surface area (Å²) in [6.45, 7) is 0. The van der Waals surface area contributed by atoms with Crippen molar-refractivity contribution in [1.82, 2.24) is 0 Å². The number of nitrogens with two attached hydrogens (primary N) is 1. The van der Waals surface area contributed by atoms with Crippen LogP contribution >= 0.6 is 11.6 Å². The quantitative estimate of drug-likeness (QED) is 0.912. The van der Waals surface area contributed by atoms with Gasteiger partial charge in [-0.25, -0.2) is 0 Å². The van der Waals surface area contributed by atoms with Crippen molar-refractivity contribution < 1.29 is 18.0 Å². The lowest BCUT2D eigenvalue weighted by Crippen LogP contribution is -2.14. The normalized spacial score (nSPS) is 11.4. The van der Waals surface area contributed by atoms with Gasteiger partial charge in [-0.3, -0.25) is 4.79 Å². The molecule has 0 aromatic heterocycles. The zero-order valence-corrected chi connectivity index (χ0v) is 11.5. The SMILES string of the molecule is NC(=O)Cc1ccccc1-c1ccc(Cl)c(C(F)(F)F)c1. The van der Waals surface area contributed by atoms with E-state index in [0.29, 0.717) is 16.7 Å². The minimum atomic E-state index is -4.54. The highest BCUT2D eigenvalue weighted by Gasteiger charge is 2.33. The molecule has 0 heterocycles. The second-order valence-electron chi connectivity index (χ2n) is 4.49. The highest BCUT2D eigenvalue weighted by atomic mass is 35.5. The smallest absolute Gasteiger partial charge is 0.369 e. The molecule has 0 bridgehead atoms. The molecule has 0 spiro atoms. The minimum absolute atomic E-state index is 0.0415. The Morgan fingerprint density at radius 2 is 1.81 bits per heavy atom. The van der Waals surface area contributed by atoms with Gasteiger partial charge in [0.1, 0.15) is 0 Å². The Kier molecular flexibility index (Phi) is 4.23. The highest BCUT2D eigenvalue weighted by molar-refractivity contribution is 6.31. The Hall–Kier alpha value is -2.01. The fourth-order valence-electron chi connectivity index (χ4n) is 2.05. The molecule has 0 radical (unpaired) electrons. The van der Waals surface area contributed by atoms with Gasteiger partial charge in [0.15, 0.2) is 0 Å². The summed E-state index contributed by atoms with van der Waals surface area (Å²) >= 11 is 5.60. The molecular formula is C15H11ClF3NO. The van der Waals surface area contributed by atoms with Crippen molar-refractivity contribution in [2.24, 2.45) is 5.73 Å². The second kappa shape index (κ2) is 5.77. The van der Waals surface area contributed by atoms with Gasteiger partial charge in [-0.1, -0.05) is 41.9 Å². The summed E-state index contributed by atoms with van der Waals surface area (Å²) < 4.78 is 38.7. The Morgan fingerprint density at radius 3 is 2.43 bits per heavy atom. The Morgan fingerprint density at radius 1 is 1.14 bits per heavy atom. The maximum absolute atomic E-state index is 12.9. The number of rotatable bonds is 3. The Bertz CT molecular complexity index is 683. The third-order valence-electron chi connectivity index (χ3n) is 2.96. The molecule has 0 atom stereocenters. The molecule has 2 rings (SSSR count). The van der Waals surface area contributed by atoms with Gasteiger partial charge >= 0.3 is 6.18 Å². The van der Waals surface area contributed by atoms with E-state index >= 15 is 0 Å². The van der Waals surface area contributed by atoms with E-state index in [9.17, 15) is 18.0 Å². The maximum atomic E-state index is 12.9. The first-order valence-corrected chi connectivity index (χ1v) is 6.40. The lowest BCUT2D eigenvalue weighted by molar-refractivity contribution is -0.137. The maximum Gasteiger partial charge on any atom is 0.417 e. The van der Waals surface area contributed by atoms with E-state index in [-0.39, 0.29) is 11.4 Å². The standard InChI is InChI=1S/C15H11ClF3NO/c16-13-6-5-10(7-12(13)15(17,18)19)11-4-2-1-3-9(11)8-14(20)21/h1-7H,8H2,(H2,20,21). The minimum Gasteiger partial charge on any atom is -0.369 e. The third kappa shape index (κ3) is 3.55. The van der Waals surface area contributed by atoms with Crippen LogP contribution in [-0.2, 0) is 17.4 Å². The Labute approximate surface area is 124 Å². The van der Waals surface area contributed by atoms with Crippen LogP contribution in [0.5, 0.6) is 0 Å². The Balaban J connectivity index is 2.55. The molecule has 0 aliphatic carbocycles. The van der Waals surface area contributed by atoms with Crippen molar-refractivity contribution in [3.63, 3.8) is 0 Å². The molecule has 6 heteroatoms. The molecule has 21 heavy (non-hydrogen) atoms. The van der Waals surface area contributed by atoms with Crippen LogP contribution in [0.3, 0.4) is 0 Å². The molecule has 0 aliphatic rings. The van der Waals surface area contributed by atoms with Gasteiger partial charge in [0, 0.05) is 0 Å². The van der Waals surface area contributed by atoms with Crippen molar-refractivity contribution in [3.05, 3.63) is 58.6 Å². The van der Waals surface area contributed by atoms with Crippen LogP contribution in [0.4, 0.5) is 13.2 Å². The number of halogens is 4. The number of benzene rings is 2. The van der Waals surface area contributed by atoms with Crippen molar-refractivity contribution in [3.8, 4) is 11.1 Å². The van der Waals surface area contributed by atoms with Crippen LogP contribution in [0.2, 0.25) is 5.02 Å². The molecule has 1 amide bonds. The lowest BCUT2D eigenvalue weighted by Gasteiger charge is -2.13. The number of carbonyl (C=O) groups excluding carboxylic acids is 1. The van der Waals surface area contributed by atoms with E-state index in [0.717, 1.165) is 6.07 Å². The van der Waals surface area contributed by atoms with E-state index in [1.54, 1.807) is 24.3 Å². The van der Waals surface area contributed by atoms with Gasteiger partial charge in [0.25, 0.3) is 0 Å². The predicted molar refractivity (Wildman–Crippen MR) is 74.8 cm³/mol. The van der Waals surface area contributed by atoms with E-state index in [4.69, 9.17) is 17.3 Å². The monoisotopic (exact) mass is 313 g/mol. The number of primary amides is 1. The van der Waals surface area contributed by atoms with E-state index in [2.05, 4.69) is 0 Å². The fourth-order valence-corrected chi connectivity index (χ4v) is 2.28. The molecule has 2 aromatic carbocycles. The van der Waals surface area contributed by atoms with Crippen LogP contribution in [0.25, 0.3) is 11.1 Å². The van der Waals surface area contributed by atoms with Gasteiger partial charge in [-0.05, 0) is 28.8 Å². The van der Waals surface area contributed by atoms with Gasteiger partial charge in [-0.15, -0.1) is 0 Å². The zero-order valence-electron chi connectivity index (χ0n) is 10.7. The topological polar surface area (TPSA) is 43.1 Å². The predicted octanol–water partition coefficient (Wildman–Crippen LogP) is 4.05. The van der Waals surface area contributed by atoms with Gasteiger partial charge < -0.3 is 5.73 Å². The van der Waals surface area contributed by atoms with Gasteiger partial charge in [0.05, 0.1) is 17.0 Å². The van der Waals surface area contributed by atoms with Crippen molar-refractivity contribution in [2.45, 2.75) is 12.6 Å². The summed E-state index contributed by atoms with van der Waals surface area (Å²) in [6, 6.07) is 10.3. The van der Waals surface area contributed by atoms with Crippen molar-refractivity contribution in [1.29, 1.82) is 0 Å². The van der Waals surface area contributed by atoms with E-state index < -0.39 is 17.6 Å². The van der Waals surface area contributed by atoms with E-state index in [1.165, 1.54) is 12.1 Å². The number of alkyl halides is 3. The second-order valence-corrected chi connectivity index (χ2v) is 4.90. The third-order valence-corrected chi connectivity index (χ3v) is 3.29. The lowest BCUT2D eigenvalue weighted by atomic mass is 9.96. The van der Waals surface area contributed by atoms with Crippen LogP contribution in [-0.4, -0.2) is 5.91 Å². The molecule has 2 N–H and O–H groups in total. The number of amides is 1. The first kappa shape index (κ1) is 15.4. The van der Waals surface area contributed by atoms with Gasteiger partial charge in [-0.2, -0.15) is 13.2 Å². The van der Waals surface area contributed by atoms with Crippen molar-refractivity contribution in [2.75, 3.05) is 0 Å². The van der Waals surface area contributed by atoms with Crippen LogP contribution in [0.15, 0.2) is 42.5 Å². The first-order chi connectivity index (χ1) is 9.79. The van der Waals surface area contributed by atoms with Crippen LogP contribution in [0, 0.1) is 0 Å². The summed E-state index contributed by atoms with van der Waals surface area (Å²) in [7, 11) is 0. The summed E-state index contributed by atoms with van der Waals surface area (Å²) in [5.74, 6) is -0.549. The molecule has 110 valence electrons. The largest absolute Gasteiger partial charge is 0.417 e. The molecule has 0 unspecified atom stereocenters. The molecule has 0 fully saturated rings. The molecule has 2 aromatic rings. The molecule has 0 aliphatic heterocycles. The average Bonchev–Trinajstić information content (AvgIpc) is 2.38. The number of hydrogen-bond acceptors (Lipinski definition) is 1. The van der Waals surface area contributed by atoms with Crippen LogP contribution < -0.4 is 5.73 Å². The van der Waals surface area contributed by atoms with Crippen molar-refractivity contribution >= 4 is 17.5 Å². The highest BCUT2D eigenvalue weighted by Crippen LogP contribution is 2.37.